The second kappa shape index (κ2) is 14.2. The zero-order chi connectivity index (χ0) is 40.4. The Morgan fingerprint density at radius 2 is 0.667 bits per heavy atom. The smallest absolute Gasteiger partial charge is 0.164 e. The number of hydrogen-bond donors (Lipinski definition) is 0. The van der Waals surface area contributed by atoms with Crippen molar-refractivity contribution in [3.8, 4) is 56.7 Å². The minimum Gasteiger partial charge on any atom is -0.309 e. The van der Waals surface area contributed by atoms with Crippen LogP contribution in [0.3, 0.4) is 0 Å². The molecule has 286 valence electrons. The van der Waals surface area contributed by atoms with Crippen molar-refractivity contribution in [3.05, 3.63) is 194 Å². The molecule has 0 N–H and O–H groups in total. The number of hydrogen-bond acceptors (Lipinski definition) is 3. The molecule has 0 aliphatic carbocycles. The first-order valence-electron chi connectivity index (χ1n) is 20.5. The molecule has 0 radical (unpaired) electrons. The molecule has 3 heterocycles. The quantitative estimate of drug-likeness (QED) is 0.151. The summed E-state index contributed by atoms with van der Waals surface area (Å²) in [6.07, 6.45) is 0. The van der Waals surface area contributed by atoms with Gasteiger partial charge in [-0.05, 0) is 83.9 Å². The molecule has 11 aromatic rings. The highest BCUT2D eigenvalue weighted by Gasteiger charge is 2.19. The monoisotopic (exact) mass is 787 g/mol. The molecule has 0 spiro atoms. The van der Waals surface area contributed by atoms with E-state index in [9.17, 15) is 0 Å². The van der Waals surface area contributed by atoms with E-state index >= 15 is 0 Å². The van der Waals surface area contributed by atoms with Gasteiger partial charge in [-0.1, -0.05) is 146 Å². The molecule has 3 aromatic heterocycles. The molecule has 8 aromatic carbocycles. The molecule has 0 atom stereocenters. The van der Waals surface area contributed by atoms with Crippen LogP contribution in [0, 0.1) is 0 Å². The fraction of sp³-hybridized carbons (Fsp3) is 0.0556. The zero-order valence-electron chi connectivity index (χ0n) is 33.7. The van der Waals surface area contributed by atoms with Gasteiger partial charge in [-0.3, -0.25) is 0 Å². The first kappa shape index (κ1) is 35.7. The standard InChI is InChI=1S/C54H41N5Si/c1-60(2,3)43-30-28-42(29-31-43)59-49-21-13-11-19-45(49)47-35-40(25-33-51(47)59)39-24-32-50-46(34-39)44-18-10-12-20-48(44)58(50)41-26-22-38(23-27-41)54-56-52(36-14-6-4-7-15-36)55-53(57-54)37-16-8-5-9-17-37/h4-35H,1-3H3. The van der Waals surface area contributed by atoms with Gasteiger partial charge in [0.1, 0.15) is 0 Å². The Morgan fingerprint density at radius 3 is 1.10 bits per heavy atom. The van der Waals surface area contributed by atoms with Crippen molar-refractivity contribution >= 4 is 56.9 Å². The van der Waals surface area contributed by atoms with Crippen molar-refractivity contribution < 1.29 is 0 Å². The van der Waals surface area contributed by atoms with Gasteiger partial charge in [-0.25, -0.2) is 15.0 Å². The van der Waals surface area contributed by atoms with Crippen molar-refractivity contribution in [3.63, 3.8) is 0 Å². The van der Waals surface area contributed by atoms with Crippen LogP contribution >= 0.6 is 0 Å². The second-order valence-corrected chi connectivity index (χ2v) is 21.6. The lowest BCUT2D eigenvalue weighted by Crippen LogP contribution is -2.37. The molecule has 0 aliphatic heterocycles. The van der Waals surface area contributed by atoms with Gasteiger partial charge in [0.25, 0.3) is 0 Å². The highest BCUT2D eigenvalue weighted by molar-refractivity contribution is 6.88. The van der Waals surface area contributed by atoms with E-state index in [0.29, 0.717) is 17.5 Å². The maximum atomic E-state index is 4.96. The number of rotatable bonds is 7. The lowest BCUT2D eigenvalue weighted by atomic mass is 10.0. The van der Waals surface area contributed by atoms with E-state index in [0.717, 1.165) is 33.4 Å². The van der Waals surface area contributed by atoms with Crippen molar-refractivity contribution in [2.45, 2.75) is 19.6 Å². The Balaban J connectivity index is 0.990. The lowest BCUT2D eigenvalue weighted by Gasteiger charge is -2.17. The maximum absolute atomic E-state index is 4.96. The van der Waals surface area contributed by atoms with Gasteiger partial charge < -0.3 is 9.13 Å². The SMILES string of the molecule is C[Si](C)(C)c1ccc(-n2c3ccccc3c3cc(-c4ccc5c(c4)c4ccccc4n5-c4ccc(-c5nc(-c6ccccc6)nc(-c6ccccc6)n5)cc4)ccc32)cc1. The van der Waals surface area contributed by atoms with E-state index in [-0.39, 0.29) is 0 Å². The summed E-state index contributed by atoms with van der Waals surface area (Å²) in [5.74, 6) is 1.94. The van der Waals surface area contributed by atoms with Gasteiger partial charge in [0.2, 0.25) is 0 Å². The van der Waals surface area contributed by atoms with E-state index in [4.69, 9.17) is 15.0 Å². The Labute approximate surface area is 349 Å². The minimum atomic E-state index is -1.40. The summed E-state index contributed by atoms with van der Waals surface area (Å²) in [6, 6.07) is 69.4. The van der Waals surface area contributed by atoms with Gasteiger partial charge in [0.15, 0.2) is 17.5 Å². The Bertz CT molecular complexity index is 3320. The van der Waals surface area contributed by atoms with Gasteiger partial charge in [0, 0.05) is 49.6 Å². The summed E-state index contributed by atoms with van der Waals surface area (Å²) in [4.78, 5) is 14.8. The van der Waals surface area contributed by atoms with Crippen molar-refractivity contribution in [2.75, 3.05) is 0 Å². The molecule has 6 heteroatoms. The average Bonchev–Trinajstić information content (AvgIpc) is 3.81. The van der Waals surface area contributed by atoms with E-state index < -0.39 is 8.07 Å². The minimum absolute atomic E-state index is 0.640. The van der Waals surface area contributed by atoms with E-state index in [2.05, 4.69) is 162 Å². The molecular weight excluding hydrogens is 747 g/mol. The maximum Gasteiger partial charge on any atom is 0.164 e. The van der Waals surface area contributed by atoms with Gasteiger partial charge >= 0.3 is 0 Å². The Morgan fingerprint density at radius 1 is 0.317 bits per heavy atom. The normalized spacial score (nSPS) is 11.9. The van der Waals surface area contributed by atoms with Crippen LogP contribution in [0.5, 0.6) is 0 Å². The lowest BCUT2D eigenvalue weighted by molar-refractivity contribution is 1.07. The largest absolute Gasteiger partial charge is 0.309 e. The summed E-state index contributed by atoms with van der Waals surface area (Å²) in [5, 5.41) is 6.42. The number of para-hydroxylation sites is 2. The van der Waals surface area contributed by atoms with Gasteiger partial charge in [-0.2, -0.15) is 0 Å². The van der Waals surface area contributed by atoms with Crippen LogP contribution in [0.4, 0.5) is 0 Å². The number of aromatic nitrogens is 5. The average molecular weight is 788 g/mol. The fourth-order valence-electron chi connectivity index (χ4n) is 8.67. The van der Waals surface area contributed by atoms with Crippen LogP contribution in [-0.2, 0) is 0 Å². The molecule has 5 nitrogen and oxygen atoms in total. The highest BCUT2D eigenvalue weighted by atomic mass is 28.3. The zero-order valence-corrected chi connectivity index (χ0v) is 34.7. The molecular formula is C54H41N5Si. The number of nitrogens with zero attached hydrogens (tertiary/aromatic N) is 5. The molecule has 0 bridgehead atoms. The van der Waals surface area contributed by atoms with Crippen molar-refractivity contribution in [1.29, 1.82) is 0 Å². The van der Waals surface area contributed by atoms with Crippen molar-refractivity contribution in [1.82, 2.24) is 24.1 Å². The highest BCUT2D eigenvalue weighted by Crippen LogP contribution is 2.38. The van der Waals surface area contributed by atoms with Crippen LogP contribution in [0.1, 0.15) is 0 Å². The van der Waals surface area contributed by atoms with Crippen LogP contribution < -0.4 is 5.19 Å². The van der Waals surface area contributed by atoms with Gasteiger partial charge in [0.05, 0.1) is 30.1 Å². The molecule has 0 unspecified atom stereocenters. The van der Waals surface area contributed by atoms with Crippen LogP contribution in [0.15, 0.2) is 194 Å². The van der Waals surface area contributed by atoms with Crippen molar-refractivity contribution in [2.24, 2.45) is 0 Å². The summed E-state index contributed by atoms with van der Waals surface area (Å²) in [7, 11) is -1.40. The third-order valence-electron chi connectivity index (χ3n) is 11.8. The second-order valence-electron chi connectivity index (χ2n) is 16.6. The molecule has 11 rings (SSSR count). The predicted molar refractivity (Wildman–Crippen MR) is 253 cm³/mol. The predicted octanol–water partition coefficient (Wildman–Crippen LogP) is 13.3. The van der Waals surface area contributed by atoms with Gasteiger partial charge in [-0.15, -0.1) is 0 Å². The summed E-state index contributed by atoms with van der Waals surface area (Å²) >= 11 is 0. The van der Waals surface area contributed by atoms with E-state index in [1.165, 1.54) is 54.6 Å². The molecule has 0 amide bonds. The fourth-order valence-corrected chi connectivity index (χ4v) is 9.84. The molecule has 60 heavy (non-hydrogen) atoms. The topological polar surface area (TPSA) is 48.5 Å². The number of benzene rings is 8. The third-order valence-corrected chi connectivity index (χ3v) is 13.8. The Kier molecular flexibility index (Phi) is 8.43. The molecule has 0 saturated carbocycles. The van der Waals surface area contributed by atoms with Crippen LogP contribution in [-0.4, -0.2) is 32.2 Å². The Hall–Kier alpha value is -7.41. The van der Waals surface area contributed by atoms with Crippen LogP contribution in [0.25, 0.3) is 100 Å². The molecule has 0 saturated heterocycles. The summed E-state index contributed by atoms with van der Waals surface area (Å²) < 4.78 is 4.77. The first-order valence-corrected chi connectivity index (χ1v) is 24.0. The van der Waals surface area contributed by atoms with Crippen LogP contribution in [0.2, 0.25) is 19.6 Å². The van der Waals surface area contributed by atoms with E-state index in [1.807, 2.05) is 60.7 Å². The molecule has 0 fully saturated rings. The summed E-state index contributed by atoms with van der Waals surface area (Å²) in [6.45, 7) is 7.20. The summed E-state index contributed by atoms with van der Waals surface area (Å²) in [5.41, 5.74) is 12.2. The third kappa shape index (κ3) is 6.12. The molecule has 0 aliphatic rings. The van der Waals surface area contributed by atoms with E-state index in [1.54, 1.807) is 0 Å². The number of fused-ring (bicyclic) bond motifs is 6. The first-order chi connectivity index (χ1) is 29.4.